The van der Waals surface area contributed by atoms with Crippen molar-refractivity contribution >= 4 is 5.52 Å². The van der Waals surface area contributed by atoms with Crippen molar-refractivity contribution in [1.82, 2.24) is 9.38 Å². The van der Waals surface area contributed by atoms with E-state index < -0.39 is 0 Å². The molecule has 3 rings (SSSR count). The molecule has 2 aromatic heterocycles. The SMILES string of the molecule is c1cn2cncc2cc1C1CC1. The maximum absolute atomic E-state index is 4.09. The lowest BCUT2D eigenvalue weighted by atomic mass is 10.2. The van der Waals surface area contributed by atoms with Gasteiger partial charge in [-0.2, -0.15) is 0 Å². The zero-order valence-corrected chi connectivity index (χ0v) is 6.77. The van der Waals surface area contributed by atoms with E-state index >= 15 is 0 Å². The van der Waals surface area contributed by atoms with Crippen molar-refractivity contribution in [3.8, 4) is 0 Å². The topological polar surface area (TPSA) is 17.3 Å². The Morgan fingerprint density at radius 2 is 2.33 bits per heavy atom. The van der Waals surface area contributed by atoms with Gasteiger partial charge in [0.25, 0.3) is 0 Å². The van der Waals surface area contributed by atoms with Gasteiger partial charge in [0.15, 0.2) is 0 Å². The summed E-state index contributed by atoms with van der Waals surface area (Å²) in [7, 11) is 0. The van der Waals surface area contributed by atoms with Gasteiger partial charge in [-0.1, -0.05) is 0 Å². The van der Waals surface area contributed by atoms with Gasteiger partial charge in [0.2, 0.25) is 0 Å². The Morgan fingerprint density at radius 1 is 1.42 bits per heavy atom. The number of imidazole rings is 1. The van der Waals surface area contributed by atoms with Crippen molar-refractivity contribution < 1.29 is 0 Å². The molecule has 0 unspecified atom stereocenters. The Morgan fingerprint density at radius 3 is 3.17 bits per heavy atom. The van der Waals surface area contributed by atoms with E-state index in [2.05, 4.69) is 23.3 Å². The number of hydrogen-bond acceptors (Lipinski definition) is 1. The Balaban J connectivity index is 2.21. The molecule has 60 valence electrons. The summed E-state index contributed by atoms with van der Waals surface area (Å²) in [5.41, 5.74) is 2.68. The van der Waals surface area contributed by atoms with Gasteiger partial charge in [0, 0.05) is 6.20 Å². The molecule has 12 heavy (non-hydrogen) atoms. The summed E-state index contributed by atoms with van der Waals surface area (Å²) in [6.45, 7) is 0. The highest BCUT2D eigenvalue weighted by Gasteiger charge is 2.23. The predicted molar refractivity (Wildman–Crippen MR) is 47.2 cm³/mol. The smallest absolute Gasteiger partial charge is 0.0991 e. The van der Waals surface area contributed by atoms with E-state index in [1.807, 2.05) is 16.9 Å². The van der Waals surface area contributed by atoms with Crippen LogP contribution in [0.5, 0.6) is 0 Å². The molecule has 0 amide bonds. The van der Waals surface area contributed by atoms with E-state index in [1.165, 1.54) is 23.9 Å². The molecule has 1 aliphatic carbocycles. The van der Waals surface area contributed by atoms with Crippen molar-refractivity contribution in [2.75, 3.05) is 0 Å². The third kappa shape index (κ3) is 0.843. The highest BCUT2D eigenvalue weighted by atomic mass is 15.0. The molecule has 2 aromatic rings. The van der Waals surface area contributed by atoms with Gasteiger partial charge in [0.05, 0.1) is 18.0 Å². The van der Waals surface area contributed by atoms with E-state index in [-0.39, 0.29) is 0 Å². The zero-order valence-electron chi connectivity index (χ0n) is 6.77. The molecule has 0 radical (unpaired) electrons. The summed E-state index contributed by atoms with van der Waals surface area (Å²) in [6.07, 6.45) is 8.57. The number of aromatic nitrogens is 2. The van der Waals surface area contributed by atoms with Crippen LogP contribution >= 0.6 is 0 Å². The molecular formula is C10H10N2. The molecule has 0 bridgehead atoms. The minimum Gasteiger partial charge on any atom is -0.306 e. The summed E-state index contributed by atoms with van der Waals surface area (Å²) in [4.78, 5) is 4.09. The van der Waals surface area contributed by atoms with Crippen molar-refractivity contribution in [1.29, 1.82) is 0 Å². The number of nitrogens with zero attached hydrogens (tertiary/aromatic N) is 2. The van der Waals surface area contributed by atoms with E-state index in [0.717, 1.165) is 5.92 Å². The molecule has 0 aliphatic heterocycles. The first kappa shape index (κ1) is 6.23. The number of fused-ring (bicyclic) bond motifs is 1. The van der Waals surface area contributed by atoms with Crippen LogP contribution in [0.3, 0.4) is 0 Å². The molecule has 0 saturated heterocycles. The molecule has 2 heteroatoms. The maximum atomic E-state index is 4.09. The Labute approximate surface area is 70.9 Å². The van der Waals surface area contributed by atoms with Gasteiger partial charge >= 0.3 is 0 Å². The van der Waals surface area contributed by atoms with Crippen LogP contribution in [-0.2, 0) is 0 Å². The Kier molecular flexibility index (Phi) is 1.09. The maximum Gasteiger partial charge on any atom is 0.0991 e. The highest BCUT2D eigenvalue weighted by molar-refractivity contribution is 5.48. The van der Waals surface area contributed by atoms with Crippen LogP contribution in [0.25, 0.3) is 5.52 Å². The molecule has 2 heterocycles. The summed E-state index contributed by atoms with van der Waals surface area (Å²) in [6, 6.07) is 4.44. The first-order chi connectivity index (χ1) is 5.93. The first-order valence-electron chi connectivity index (χ1n) is 4.35. The lowest BCUT2D eigenvalue weighted by Crippen LogP contribution is -1.84. The molecule has 0 spiro atoms. The largest absolute Gasteiger partial charge is 0.306 e. The van der Waals surface area contributed by atoms with Crippen LogP contribution in [0.4, 0.5) is 0 Å². The number of rotatable bonds is 1. The normalized spacial score (nSPS) is 17.0. The number of pyridine rings is 1. The lowest BCUT2D eigenvalue weighted by molar-refractivity contribution is 1.09. The second-order valence-electron chi connectivity index (χ2n) is 3.46. The second-order valence-corrected chi connectivity index (χ2v) is 3.46. The Hall–Kier alpha value is -1.31. The molecule has 2 nitrogen and oxygen atoms in total. The molecule has 1 aliphatic rings. The van der Waals surface area contributed by atoms with Gasteiger partial charge in [-0.15, -0.1) is 0 Å². The average molecular weight is 158 g/mol. The predicted octanol–water partition coefficient (Wildman–Crippen LogP) is 2.21. The molecule has 1 saturated carbocycles. The van der Waals surface area contributed by atoms with Crippen LogP contribution in [0.15, 0.2) is 30.9 Å². The van der Waals surface area contributed by atoms with Crippen LogP contribution in [0.1, 0.15) is 24.3 Å². The van der Waals surface area contributed by atoms with Crippen molar-refractivity contribution in [2.24, 2.45) is 0 Å². The molecule has 0 N–H and O–H groups in total. The quantitative estimate of drug-likeness (QED) is 0.622. The van der Waals surface area contributed by atoms with E-state index in [9.17, 15) is 0 Å². The summed E-state index contributed by atoms with van der Waals surface area (Å²) in [5, 5.41) is 0. The third-order valence-electron chi connectivity index (χ3n) is 2.49. The average Bonchev–Trinajstić information content (AvgIpc) is 2.84. The van der Waals surface area contributed by atoms with Crippen LogP contribution in [0, 0.1) is 0 Å². The van der Waals surface area contributed by atoms with Gasteiger partial charge in [0.1, 0.15) is 0 Å². The summed E-state index contributed by atoms with van der Waals surface area (Å²) < 4.78 is 2.05. The fraction of sp³-hybridized carbons (Fsp3) is 0.300. The van der Waals surface area contributed by atoms with E-state index in [4.69, 9.17) is 0 Å². The number of hydrogen-bond donors (Lipinski definition) is 0. The molecule has 1 fully saturated rings. The van der Waals surface area contributed by atoms with Gasteiger partial charge in [-0.25, -0.2) is 4.98 Å². The fourth-order valence-electron chi connectivity index (χ4n) is 1.61. The van der Waals surface area contributed by atoms with Crippen molar-refractivity contribution in [2.45, 2.75) is 18.8 Å². The standard InChI is InChI=1S/C10H10N2/c1-2-8(1)9-3-4-12-7-11-6-10(12)5-9/h3-8H,1-2H2. The van der Waals surface area contributed by atoms with E-state index in [0.29, 0.717) is 0 Å². The summed E-state index contributed by atoms with van der Waals surface area (Å²) in [5.74, 6) is 0.838. The van der Waals surface area contributed by atoms with Crippen LogP contribution in [-0.4, -0.2) is 9.38 Å². The molecular weight excluding hydrogens is 148 g/mol. The minimum absolute atomic E-state index is 0.838. The fourth-order valence-corrected chi connectivity index (χ4v) is 1.61. The highest BCUT2D eigenvalue weighted by Crippen LogP contribution is 2.40. The van der Waals surface area contributed by atoms with Gasteiger partial charge in [-0.05, 0) is 36.5 Å². The monoisotopic (exact) mass is 158 g/mol. The molecule has 0 aromatic carbocycles. The molecule has 0 atom stereocenters. The van der Waals surface area contributed by atoms with Crippen LogP contribution < -0.4 is 0 Å². The zero-order chi connectivity index (χ0) is 7.97. The van der Waals surface area contributed by atoms with Crippen molar-refractivity contribution in [3.63, 3.8) is 0 Å². The Bertz CT molecular complexity index is 412. The minimum atomic E-state index is 0.838. The first-order valence-corrected chi connectivity index (χ1v) is 4.35. The van der Waals surface area contributed by atoms with E-state index in [1.54, 1.807) is 0 Å². The third-order valence-corrected chi connectivity index (χ3v) is 2.49. The van der Waals surface area contributed by atoms with Gasteiger partial charge in [-0.3, -0.25) is 0 Å². The second kappa shape index (κ2) is 2.09. The lowest BCUT2D eigenvalue weighted by Gasteiger charge is -1.98. The van der Waals surface area contributed by atoms with Crippen LogP contribution in [0.2, 0.25) is 0 Å². The summed E-state index contributed by atoms with van der Waals surface area (Å²) >= 11 is 0. The van der Waals surface area contributed by atoms with Gasteiger partial charge < -0.3 is 4.40 Å². The van der Waals surface area contributed by atoms with Crippen molar-refractivity contribution in [3.05, 3.63) is 36.4 Å².